The van der Waals surface area contributed by atoms with Crippen LogP contribution in [0.25, 0.3) is 11.1 Å². The van der Waals surface area contributed by atoms with E-state index in [1.54, 1.807) is 0 Å². The number of carbonyl (C=O) groups is 3. The normalized spacial score (nSPS) is 27.6. The predicted molar refractivity (Wildman–Crippen MR) is 125 cm³/mol. The quantitative estimate of drug-likeness (QED) is 0.611. The first kappa shape index (κ1) is 22.1. The highest BCUT2D eigenvalue weighted by atomic mass is 16.5. The lowest BCUT2D eigenvalue weighted by Gasteiger charge is -2.44. The number of hydrogen-bond acceptors (Lipinski definition) is 5. The zero-order valence-electron chi connectivity index (χ0n) is 19.2. The molecule has 8 nitrogen and oxygen atoms in total. The minimum Gasteiger partial charge on any atom is -0.479 e. The van der Waals surface area contributed by atoms with Crippen molar-refractivity contribution in [3.63, 3.8) is 0 Å². The smallest absolute Gasteiger partial charge is 0.407 e. The van der Waals surface area contributed by atoms with Gasteiger partial charge in [0.25, 0.3) is 0 Å². The van der Waals surface area contributed by atoms with Crippen molar-refractivity contribution in [1.82, 2.24) is 10.2 Å². The second kappa shape index (κ2) is 8.09. The van der Waals surface area contributed by atoms with Crippen LogP contribution >= 0.6 is 0 Å². The van der Waals surface area contributed by atoms with Gasteiger partial charge >= 0.3 is 12.1 Å². The van der Waals surface area contributed by atoms with E-state index in [2.05, 4.69) is 29.6 Å². The number of likely N-dealkylation sites (tertiary alicyclic amines) is 1. The van der Waals surface area contributed by atoms with Gasteiger partial charge in [-0.3, -0.25) is 4.79 Å². The summed E-state index contributed by atoms with van der Waals surface area (Å²) in [4.78, 5) is 37.9. The Morgan fingerprint density at radius 3 is 2.23 bits per heavy atom. The maximum atomic E-state index is 12.7. The van der Waals surface area contributed by atoms with Gasteiger partial charge in [0, 0.05) is 17.9 Å². The van der Waals surface area contributed by atoms with Crippen molar-refractivity contribution >= 4 is 18.0 Å². The van der Waals surface area contributed by atoms with Crippen molar-refractivity contribution in [2.75, 3.05) is 19.7 Å². The van der Waals surface area contributed by atoms with E-state index < -0.39 is 17.7 Å². The first-order valence-corrected chi connectivity index (χ1v) is 12.2. The summed E-state index contributed by atoms with van der Waals surface area (Å²) in [5.41, 5.74) is 2.89. The Balaban J connectivity index is 1.02. The summed E-state index contributed by atoms with van der Waals surface area (Å²) in [6.07, 6.45) is 1.80. The maximum absolute atomic E-state index is 12.7. The molecular weight excluding hydrogens is 448 g/mol. The van der Waals surface area contributed by atoms with Gasteiger partial charge in [-0.25, -0.2) is 9.59 Å². The minimum absolute atomic E-state index is 0.0109. The molecule has 1 heterocycles. The van der Waals surface area contributed by atoms with Gasteiger partial charge in [-0.2, -0.15) is 0 Å². The molecule has 2 aromatic rings. The average molecular weight is 477 g/mol. The lowest BCUT2D eigenvalue weighted by molar-refractivity contribution is -0.183. The third-order valence-corrected chi connectivity index (χ3v) is 8.43. The van der Waals surface area contributed by atoms with Crippen LogP contribution < -0.4 is 5.32 Å². The number of carbonyl (C=O) groups excluding carboxylic acids is 2. The van der Waals surface area contributed by atoms with E-state index in [0.29, 0.717) is 12.3 Å². The molecule has 3 N–H and O–H groups in total. The van der Waals surface area contributed by atoms with E-state index in [-0.39, 0.29) is 49.4 Å². The van der Waals surface area contributed by atoms with Crippen molar-refractivity contribution in [2.24, 2.45) is 17.8 Å². The number of aliphatic hydroxyl groups is 1. The molecule has 3 fully saturated rings. The number of ether oxygens (including phenoxy) is 1. The fourth-order valence-corrected chi connectivity index (χ4v) is 6.52. The van der Waals surface area contributed by atoms with E-state index in [0.717, 1.165) is 12.8 Å². The molecule has 2 aromatic carbocycles. The van der Waals surface area contributed by atoms with Crippen molar-refractivity contribution in [2.45, 2.75) is 36.8 Å². The molecular formula is C27H28N2O6. The van der Waals surface area contributed by atoms with Crippen LogP contribution in [0.4, 0.5) is 4.79 Å². The van der Waals surface area contributed by atoms with Gasteiger partial charge in [0.2, 0.25) is 5.91 Å². The second-order valence-electron chi connectivity index (χ2n) is 10.4. The van der Waals surface area contributed by atoms with Crippen LogP contribution in [-0.2, 0) is 14.3 Å². The largest absolute Gasteiger partial charge is 0.479 e. The molecule has 0 spiro atoms. The molecule has 1 aliphatic heterocycles. The third-order valence-electron chi connectivity index (χ3n) is 8.43. The van der Waals surface area contributed by atoms with E-state index in [1.807, 2.05) is 24.3 Å². The van der Waals surface area contributed by atoms with E-state index in [1.165, 1.54) is 27.2 Å². The summed E-state index contributed by atoms with van der Waals surface area (Å²) >= 11 is 0. The highest BCUT2D eigenvalue weighted by Gasteiger charge is 2.55. The molecule has 1 saturated heterocycles. The summed E-state index contributed by atoms with van der Waals surface area (Å²) < 4.78 is 5.67. The summed E-state index contributed by atoms with van der Waals surface area (Å²) in [7, 11) is 0. The van der Waals surface area contributed by atoms with Gasteiger partial charge < -0.3 is 25.2 Å². The minimum atomic E-state index is -1.82. The third kappa shape index (κ3) is 3.58. The van der Waals surface area contributed by atoms with Gasteiger partial charge in [0.05, 0.1) is 13.1 Å². The number of hydrogen-bond donors (Lipinski definition) is 3. The van der Waals surface area contributed by atoms with Gasteiger partial charge in [0.1, 0.15) is 6.61 Å². The van der Waals surface area contributed by atoms with Crippen LogP contribution in [0.3, 0.4) is 0 Å². The summed E-state index contributed by atoms with van der Waals surface area (Å²) in [5.74, 6) is -0.952. The van der Waals surface area contributed by atoms with Crippen molar-refractivity contribution in [3.05, 3.63) is 59.7 Å². The standard InChI is InChI=1S/C27H28N2O6/c30-24(29-13-27(34,14-29)25(31)32)16-9-15-11-23(21(15)10-16)28-26(33)35-12-22-19-7-3-1-5-17(19)18-6-2-4-8-20(18)22/h1-8,15-16,21-23,34H,9-14H2,(H,28,33)(H,31,32)/t15-,16?,21-,23+/m1/s1. The SMILES string of the molecule is O=C(N[C@H]1C[C@H]2CC(C(=O)N3CC(O)(C(=O)O)C3)C[C@H]21)OCC1c2ccccc2-c2ccccc21. The molecule has 1 unspecified atom stereocenters. The Bertz CT molecular complexity index is 1160. The van der Waals surface area contributed by atoms with Crippen LogP contribution in [0.15, 0.2) is 48.5 Å². The molecule has 0 bridgehead atoms. The molecule has 182 valence electrons. The summed E-state index contributed by atoms with van der Waals surface area (Å²) in [6.45, 7) is -0.0495. The van der Waals surface area contributed by atoms with Gasteiger partial charge in [-0.1, -0.05) is 48.5 Å². The summed E-state index contributed by atoms with van der Waals surface area (Å²) in [5, 5.41) is 21.9. The Morgan fingerprint density at radius 2 is 1.60 bits per heavy atom. The lowest BCUT2D eigenvalue weighted by Crippen LogP contribution is -2.68. The number of nitrogens with zero attached hydrogens (tertiary/aromatic N) is 1. The molecule has 8 heteroatoms. The highest BCUT2D eigenvalue weighted by Crippen LogP contribution is 2.50. The Kier molecular flexibility index (Phi) is 5.11. The fourth-order valence-electron chi connectivity index (χ4n) is 6.52. The topological polar surface area (TPSA) is 116 Å². The molecule has 0 radical (unpaired) electrons. The zero-order valence-corrected chi connectivity index (χ0v) is 19.2. The number of amides is 2. The molecule has 0 aromatic heterocycles. The highest BCUT2D eigenvalue weighted by molar-refractivity contribution is 5.86. The molecule has 35 heavy (non-hydrogen) atoms. The first-order valence-electron chi connectivity index (χ1n) is 12.2. The Labute approximate surface area is 202 Å². The lowest BCUT2D eigenvalue weighted by atomic mass is 9.71. The second-order valence-corrected chi connectivity index (χ2v) is 10.4. The van der Waals surface area contributed by atoms with E-state index in [9.17, 15) is 19.5 Å². The number of fused-ring (bicyclic) bond motifs is 4. The average Bonchev–Trinajstić information content (AvgIpc) is 3.33. The molecule has 3 aliphatic carbocycles. The number of alkyl carbamates (subject to hydrolysis) is 1. The van der Waals surface area contributed by atoms with Crippen LogP contribution in [-0.4, -0.2) is 64.4 Å². The zero-order chi connectivity index (χ0) is 24.3. The molecule has 4 atom stereocenters. The van der Waals surface area contributed by atoms with Crippen LogP contribution in [0.1, 0.15) is 36.3 Å². The Morgan fingerprint density at radius 1 is 0.971 bits per heavy atom. The van der Waals surface area contributed by atoms with Crippen molar-refractivity contribution < 1.29 is 29.3 Å². The molecule has 2 saturated carbocycles. The van der Waals surface area contributed by atoms with Crippen molar-refractivity contribution in [1.29, 1.82) is 0 Å². The number of benzene rings is 2. The number of aliphatic carboxylic acids is 1. The Hall–Kier alpha value is -3.39. The van der Waals surface area contributed by atoms with Crippen LogP contribution in [0.2, 0.25) is 0 Å². The number of β-amino-alcohol motifs (C(OH)–C–C–N with tert-alkyl or cyclic N) is 1. The maximum Gasteiger partial charge on any atom is 0.407 e. The number of nitrogens with one attached hydrogen (secondary N) is 1. The predicted octanol–water partition coefficient (Wildman–Crippen LogP) is 2.60. The van der Waals surface area contributed by atoms with E-state index in [4.69, 9.17) is 9.84 Å². The monoisotopic (exact) mass is 476 g/mol. The van der Waals surface area contributed by atoms with Gasteiger partial charge in [-0.05, 0) is 53.4 Å². The first-order chi connectivity index (χ1) is 16.8. The van der Waals surface area contributed by atoms with Gasteiger partial charge in [0.15, 0.2) is 5.60 Å². The number of carboxylic acids is 1. The van der Waals surface area contributed by atoms with Crippen LogP contribution in [0, 0.1) is 17.8 Å². The van der Waals surface area contributed by atoms with E-state index >= 15 is 0 Å². The number of rotatable bonds is 5. The summed E-state index contributed by atoms with van der Waals surface area (Å²) in [6, 6.07) is 16.4. The molecule has 6 rings (SSSR count). The van der Waals surface area contributed by atoms with Crippen LogP contribution in [0.5, 0.6) is 0 Å². The fraction of sp³-hybridized carbons (Fsp3) is 0.444. The van der Waals surface area contributed by atoms with Crippen molar-refractivity contribution in [3.8, 4) is 11.1 Å². The molecule has 2 amide bonds. The van der Waals surface area contributed by atoms with Gasteiger partial charge in [-0.15, -0.1) is 0 Å². The molecule has 4 aliphatic rings. The number of carboxylic acid groups (broad SMARTS) is 1.